The first-order valence-electron chi connectivity index (χ1n) is 10.7. The fraction of sp³-hybridized carbons (Fsp3) is 0.409. The number of para-hydroxylation sites is 1. The van der Waals surface area contributed by atoms with Crippen LogP contribution in [0.3, 0.4) is 0 Å². The van der Waals surface area contributed by atoms with E-state index in [9.17, 15) is 13.2 Å². The van der Waals surface area contributed by atoms with Gasteiger partial charge in [0.2, 0.25) is 5.91 Å². The summed E-state index contributed by atoms with van der Waals surface area (Å²) in [5, 5.41) is 11.4. The van der Waals surface area contributed by atoms with Crippen molar-refractivity contribution in [2.75, 3.05) is 23.8 Å². The minimum absolute atomic E-state index is 0.0502. The predicted molar refractivity (Wildman–Crippen MR) is 129 cm³/mol. The van der Waals surface area contributed by atoms with E-state index in [1.165, 1.54) is 11.8 Å². The van der Waals surface area contributed by atoms with Crippen molar-refractivity contribution in [1.29, 1.82) is 0 Å². The Labute approximate surface area is 196 Å². The van der Waals surface area contributed by atoms with Crippen LogP contribution in [0.4, 0.5) is 0 Å². The zero-order chi connectivity index (χ0) is 22.6. The summed E-state index contributed by atoms with van der Waals surface area (Å²) in [4.78, 5) is 15.9. The van der Waals surface area contributed by atoms with Gasteiger partial charge in [0.15, 0.2) is 20.8 Å². The van der Waals surface area contributed by atoms with Gasteiger partial charge in [-0.1, -0.05) is 49.4 Å². The van der Waals surface area contributed by atoms with Crippen molar-refractivity contribution in [3.8, 4) is 16.4 Å². The van der Waals surface area contributed by atoms with Gasteiger partial charge < -0.3 is 4.90 Å². The molecule has 3 heterocycles. The average molecular weight is 491 g/mol. The Kier molecular flexibility index (Phi) is 7.32. The molecule has 0 N–H and O–H groups in total. The molecule has 10 heteroatoms. The molecule has 0 bridgehead atoms. The molecule has 1 atom stereocenters. The molecule has 7 nitrogen and oxygen atoms in total. The lowest BCUT2D eigenvalue weighted by molar-refractivity contribution is -0.130. The van der Waals surface area contributed by atoms with Crippen LogP contribution in [-0.2, 0) is 14.6 Å². The number of thioether (sulfide) groups is 1. The fourth-order valence-corrected chi connectivity index (χ4v) is 7.08. The number of thiophene rings is 1. The van der Waals surface area contributed by atoms with Crippen molar-refractivity contribution in [3.05, 3.63) is 47.8 Å². The molecule has 170 valence electrons. The van der Waals surface area contributed by atoms with Gasteiger partial charge in [-0.3, -0.25) is 9.36 Å². The minimum Gasteiger partial charge on any atom is -0.338 e. The number of sulfone groups is 1. The minimum atomic E-state index is -3.06. The lowest BCUT2D eigenvalue weighted by Crippen LogP contribution is -2.42. The van der Waals surface area contributed by atoms with Crippen LogP contribution in [0.2, 0.25) is 0 Å². The molecule has 1 saturated heterocycles. The number of rotatable bonds is 9. The van der Waals surface area contributed by atoms with E-state index in [2.05, 4.69) is 17.1 Å². The van der Waals surface area contributed by atoms with Crippen LogP contribution < -0.4 is 0 Å². The summed E-state index contributed by atoms with van der Waals surface area (Å²) in [5.41, 5.74) is 0.931. The maximum Gasteiger partial charge on any atom is 0.233 e. The van der Waals surface area contributed by atoms with Crippen LogP contribution >= 0.6 is 23.1 Å². The molecule has 1 aromatic carbocycles. The number of hydrogen-bond donors (Lipinski definition) is 0. The van der Waals surface area contributed by atoms with Crippen molar-refractivity contribution in [2.45, 2.75) is 37.4 Å². The molecule has 1 fully saturated rings. The molecular weight excluding hydrogens is 464 g/mol. The molecule has 0 saturated carbocycles. The number of nitrogens with zero attached hydrogens (tertiary/aromatic N) is 4. The van der Waals surface area contributed by atoms with Gasteiger partial charge in [-0.2, -0.15) is 0 Å². The third-order valence-corrected chi connectivity index (χ3v) is 8.97. The van der Waals surface area contributed by atoms with Crippen LogP contribution in [0.25, 0.3) is 16.4 Å². The van der Waals surface area contributed by atoms with E-state index in [1.807, 2.05) is 52.4 Å². The van der Waals surface area contributed by atoms with Crippen molar-refractivity contribution in [1.82, 2.24) is 19.7 Å². The summed E-state index contributed by atoms with van der Waals surface area (Å²) >= 11 is 2.93. The SMILES string of the molecule is CCCCN(C(=O)CSc1nnc(-c2cccs2)n1-c1ccccc1)C1CCS(=O)(=O)C1. The van der Waals surface area contributed by atoms with E-state index in [-0.39, 0.29) is 29.2 Å². The smallest absolute Gasteiger partial charge is 0.233 e. The number of aromatic nitrogens is 3. The number of hydrogen-bond acceptors (Lipinski definition) is 7. The molecule has 0 spiro atoms. The first kappa shape index (κ1) is 23.0. The van der Waals surface area contributed by atoms with Crippen LogP contribution in [0.5, 0.6) is 0 Å². The third-order valence-electron chi connectivity index (χ3n) is 5.44. The lowest BCUT2D eigenvalue weighted by Gasteiger charge is -2.28. The second-order valence-corrected chi connectivity index (χ2v) is 11.9. The number of benzene rings is 1. The van der Waals surface area contributed by atoms with Crippen molar-refractivity contribution >= 4 is 38.8 Å². The molecule has 1 amide bonds. The maximum absolute atomic E-state index is 13.2. The quantitative estimate of drug-likeness (QED) is 0.423. The summed E-state index contributed by atoms with van der Waals surface area (Å²) in [7, 11) is -3.06. The van der Waals surface area contributed by atoms with Crippen LogP contribution in [0.15, 0.2) is 53.0 Å². The maximum atomic E-state index is 13.2. The highest BCUT2D eigenvalue weighted by atomic mass is 32.2. The van der Waals surface area contributed by atoms with Gasteiger partial charge >= 0.3 is 0 Å². The summed E-state index contributed by atoms with van der Waals surface area (Å²) in [6, 6.07) is 13.6. The topological polar surface area (TPSA) is 85.2 Å². The zero-order valence-electron chi connectivity index (χ0n) is 17.9. The molecule has 32 heavy (non-hydrogen) atoms. The van der Waals surface area contributed by atoms with Gasteiger partial charge in [-0.25, -0.2) is 8.42 Å². The summed E-state index contributed by atoms with van der Waals surface area (Å²) in [6.45, 7) is 2.65. The van der Waals surface area contributed by atoms with Gasteiger partial charge in [-0.05, 0) is 36.4 Å². The van der Waals surface area contributed by atoms with Gasteiger partial charge in [0, 0.05) is 18.3 Å². The first-order valence-corrected chi connectivity index (χ1v) is 14.3. The lowest BCUT2D eigenvalue weighted by atomic mass is 10.2. The second-order valence-electron chi connectivity index (χ2n) is 7.74. The van der Waals surface area contributed by atoms with Crippen molar-refractivity contribution < 1.29 is 13.2 Å². The Morgan fingerprint density at radius 2 is 2.03 bits per heavy atom. The average Bonchev–Trinajstić information content (AvgIpc) is 3.52. The largest absolute Gasteiger partial charge is 0.338 e. The Morgan fingerprint density at radius 3 is 2.69 bits per heavy atom. The highest BCUT2D eigenvalue weighted by Gasteiger charge is 2.34. The number of carbonyl (C=O) groups is 1. The van der Waals surface area contributed by atoms with Crippen LogP contribution in [0.1, 0.15) is 26.2 Å². The highest BCUT2D eigenvalue weighted by molar-refractivity contribution is 7.99. The van der Waals surface area contributed by atoms with Gasteiger partial charge in [0.25, 0.3) is 0 Å². The van der Waals surface area contributed by atoms with Crippen molar-refractivity contribution in [2.24, 2.45) is 0 Å². The summed E-state index contributed by atoms with van der Waals surface area (Å²) in [6.07, 6.45) is 2.32. The number of amides is 1. The molecular formula is C22H26N4O3S3. The standard InChI is InChI=1S/C22H26N4O3S3/c1-2-3-12-25(18-11-14-32(28,29)16-18)20(27)15-31-22-24-23-21(19-10-7-13-30-19)26(22)17-8-5-4-6-9-17/h4-10,13,18H,2-3,11-12,14-16H2,1H3. The Hall–Kier alpha value is -2.17. The normalized spacial score (nSPS) is 17.5. The molecule has 3 aromatic rings. The fourth-order valence-electron chi connectivity index (χ4n) is 3.81. The number of unbranched alkanes of at least 4 members (excludes halogenated alkanes) is 1. The van der Waals surface area contributed by atoms with E-state index in [4.69, 9.17) is 0 Å². The highest BCUT2D eigenvalue weighted by Crippen LogP contribution is 2.31. The van der Waals surface area contributed by atoms with E-state index in [0.29, 0.717) is 18.1 Å². The molecule has 0 aliphatic carbocycles. The molecule has 4 rings (SSSR count). The second kappa shape index (κ2) is 10.2. The molecule has 1 unspecified atom stereocenters. The molecule has 1 aliphatic rings. The van der Waals surface area contributed by atoms with E-state index < -0.39 is 9.84 Å². The molecule has 1 aliphatic heterocycles. The monoisotopic (exact) mass is 490 g/mol. The summed E-state index contributed by atoms with van der Waals surface area (Å²) < 4.78 is 25.9. The van der Waals surface area contributed by atoms with E-state index >= 15 is 0 Å². The number of carbonyl (C=O) groups excluding carboxylic acids is 1. The van der Waals surface area contributed by atoms with Crippen LogP contribution in [0, 0.1) is 0 Å². The molecule has 0 radical (unpaired) electrons. The Balaban J connectivity index is 1.55. The van der Waals surface area contributed by atoms with Crippen LogP contribution in [-0.4, -0.2) is 63.8 Å². The van der Waals surface area contributed by atoms with E-state index in [0.717, 1.165) is 29.2 Å². The van der Waals surface area contributed by atoms with Crippen molar-refractivity contribution in [3.63, 3.8) is 0 Å². The third kappa shape index (κ3) is 5.24. The van der Waals surface area contributed by atoms with Gasteiger partial charge in [0.1, 0.15) is 0 Å². The Morgan fingerprint density at radius 1 is 1.22 bits per heavy atom. The zero-order valence-corrected chi connectivity index (χ0v) is 20.3. The van der Waals surface area contributed by atoms with Gasteiger partial charge in [-0.15, -0.1) is 21.5 Å². The predicted octanol–water partition coefficient (Wildman–Crippen LogP) is 3.90. The summed E-state index contributed by atoms with van der Waals surface area (Å²) in [5.74, 6) is 1.11. The Bertz CT molecular complexity index is 1140. The first-order chi connectivity index (χ1) is 15.5. The van der Waals surface area contributed by atoms with Gasteiger partial charge in [0.05, 0.1) is 22.1 Å². The van der Waals surface area contributed by atoms with E-state index in [1.54, 1.807) is 16.2 Å². The molecule has 2 aromatic heterocycles.